The molecular formula is C32H37N3O3S. The van der Waals surface area contributed by atoms with Gasteiger partial charge in [0, 0.05) is 34.7 Å². The number of anilines is 2. The number of rotatable bonds is 10. The number of nitrogens with zero attached hydrogens (tertiary/aromatic N) is 1. The molecule has 0 atom stereocenters. The summed E-state index contributed by atoms with van der Waals surface area (Å²) in [5.74, 6) is 3.02. The third-order valence-electron chi connectivity index (χ3n) is 5.69. The number of aromatic nitrogens is 1. The monoisotopic (exact) mass is 543 g/mol. The van der Waals surface area contributed by atoms with Crippen LogP contribution in [0.25, 0.3) is 10.9 Å². The van der Waals surface area contributed by atoms with E-state index in [4.69, 9.17) is 26.4 Å². The zero-order valence-electron chi connectivity index (χ0n) is 23.5. The summed E-state index contributed by atoms with van der Waals surface area (Å²) in [4.78, 5) is 5.12. The Kier molecular flexibility index (Phi) is 10.7. The minimum Gasteiger partial charge on any atom is -0.493 e. The molecule has 4 aromatic rings. The number of nitrogens with one attached hydrogen (secondary N) is 2. The molecule has 39 heavy (non-hydrogen) atoms. The summed E-state index contributed by atoms with van der Waals surface area (Å²) >= 11 is 5.05. The second-order valence-corrected chi connectivity index (χ2v) is 9.54. The molecule has 0 aliphatic heterocycles. The summed E-state index contributed by atoms with van der Waals surface area (Å²) in [6.45, 7) is 14.3. The molecule has 7 heteroatoms. The van der Waals surface area contributed by atoms with Crippen LogP contribution in [0.4, 0.5) is 11.4 Å². The SMILES string of the molecule is C=C(COc1cc2nccc(Oc3ccc(Nc4ccc(C(C)C)cc4)cc3)c2cc1OC)NC(C)=S.CC. The van der Waals surface area contributed by atoms with E-state index in [2.05, 4.69) is 60.3 Å². The number of hydrogen-bond donors (Lipinski definition) is 2. The maximum atomic E-state index is 6.22. The molecule has 0 aliphatic carbocycles. The van der Waals surface area contributed by atoms with Crippen molar-refractivity contribution >= 4 is 39.5 Å². The third-order valence-corrected chi connectivity index (χ3v) is 5.79. The second kappa shape index (κ2) is 14.2. The maximum absolute atomic E-state index is 6.22. The van der Waals surface area contributed by atoms with E-state index in [1.54, 1.807) is 20.2 Å². The van der Waals surface area contributed by atoms with Gasteiger partial charge < -0.3 is 24.8 Å². The van der Waals surface area contributed by atoms with Crippen molar-refractivity contribution < 1.29 is 14.2 Å². The van der Waals surface area contributed by atoms with Crippen LogP contribution in [-0.4, -0.2) is 23.7 Å². The van der Waals surface area contributed by atoms with E-state index in [0.29, 0.717) is 39.6 Å². The van der Waals surface area contributed by atoms with Crippen molar-refractivity contribution in [3.8, 4) is 23.0 Å². The molecule has 3 aromatic carbocycles. The summed E-state index contributed by atoms with van der Waals surface area (Å²) in [5, 5.41) is 7.22. The largest absolute Gasteiger partial charge is 0.493 e. The minimum absolute atomic E-state index is 0.244. The lowest BCUT2D eigenvalue weighted by Crippen LogP contribution is -2.21. The first-order valence-corrected chi connectivity index (χ1v) is 13.4. The summed E-state index contributed by atoms with van der Waals surface area (Å²) in [5.41, 5.74) is 4.72. The average molecular weight is 544 g/mol. The predicted octanol–water partition coefficient (Wildman–Crippen LogP) is 8.76. The molecule has 0 radical (unpaired) electrons. The van der Waals surface area contributed by atoms with Gasteiger partial charge in [0.2, 0.25) is 0 Å². The van der Waals surface area contributed by atoms with Crippen molar-refractivity contribution in [1.82, 2.24) is 10.3 Å². The lowest BCUT2D eigenvalue weighted by atomic mass is 10.0. The van der Waals surface area contributed by atoms with Crippen molar-refractivity contribution in [3.05, 3.63) is 90.8 Å². The van der Waals surface area contributed by atoms with Gasteiger partial charge in [-0.25, -0.2) is 0 Å². The van der Waals surface area contributed by atoms with E-state index in [9.17, 15) is 0 Å². The number of methoxy groups -OCH3 is 1. The first-order valence-electron chi connectivity index (χ1n) is 13.0. The van der Waals surface area contributed by atoms with Crippen molar-refractivity contribution in [3.63, 3.8) is 0 Å². The van der Waals surface area contributed by atoms with Gasteiger partial charge in [0.05, 0.1) is 17.6 Å². The van der Waals surface area contributed by atoms with Crippen LogP contribution in [0.2, 0.25) is 0 Å². The fourth-order valence-electron chi connectivity index (χ4n) is 3.79. The van der Waals surface area contributed by atoms with Crippen LogP contribution >= 0.6 is 12.2 Å². The second-order valence-electron chi connectivity index (χ2n) is 8.93. The molecule has 0 amide bonds. The van der Waals surface area contributed by atoms with Crippen LogP contribution in [0, 0.1) is 0 Å². The molecule has 4 rings (SSSR count). The highest BCUT2D eigenvalue weighted by Crippen LogP contribution is 2.37. The van der Waals surface area contributed by atoms with E-state index in [1.807, 2.05) is 56.3 Å². The van der Waals surface area contributed by atoms with Gasteiger partial charge >= 0.3 is 0 Å². The molecule has 1 heterocycles. The molecule has 0 fully saturated rings. The zero-order valence-corrected chi connectivity index (χ0v) is 24.3. The summed E-state index contributed by atoms with van der Waals surface area (Å²) < 4.78 is 17.7. The van der Waals surface area contributed by atoms with Crippen LogP contribution in [-0.2, 0) is 0 Å². The van der Waals surface area contributed by atoms with Gasteiger partial charge in [-0.15, -0.1) is 0 Å². The van der Waals surface area contributed by atoms with Gasteiger partial charge in [-0.3, -0.25) is 4.98 Å². The Balaban J connectivity index is 0.00000205. The van der Waals surface area contributed by atoms with Gasteiger partial charge in [0.1, 0.15) is 18.1 Å². The van der Waals surface area contributed by atoms with E-state index in [1.165, 1.54) is 5.56 Å². The summed E-state index contributed by atoms with van der Waals surface area (Å²) in [6, 6.07) is 21.9. The van der Waals surface area contributed by atoms with Crippen molar-refractivity contribution in [2.24, 2.45) is 0 Å². The van der Waals surface area contributed by atoms with Gasteiger partial charge in [-0.1, -0.05) is 58.6 Å². The van der Waals surface area contributed by atoms with Crippen molar-refractivity contribution in [1.29, 1.82) is 0 Å². The normalized spacial score (nSPS) is 10.3. The molecule has 2 N–H and O–H groups in total. The Bertz CT molecular complexity index is 1400. The molecule has 0 unspecified atom stereocenters. The Labute approximate surface area is 237 Å². The fourth-order valence-corrected chi connectivity index (χ4v) is 3.94. The zero-order chi connectivity index (χ0) is 28.4. The molecule has 0 saturated carbocycles. The lowest BCUT2D eigenvalue weighted by molar-refractivity contribution is 0.317. The first-order chi connectivity index (χ1) is 18.8. The number of benzene rings is 3. The van der Waals surface area contributed by atoms with Crippen LogP contribution in [0.15, 0.2) is 85.2 Å². The molecule has 6 nitrogen and oxygen atoms in total. The van der Waals surface area contributed by atoms with E-state index in [0.717, 1.165) is 22.3 Å². The van der Waals surface area contributed by atoms with E-state index in [-0.39, 0.29) is 6.61 Å². The highest BCUT2D eigenvalue weighted by Gasteiger charge is 2.13. The minimum atomic E-state index is 0.244. The average Bonchev–Trinajstić information content (AvgIpc) is 2.93. The Morgan fingerprint density at radius 3 is 2.15 bits per heavy atom. The topological polar surface area (TPSA) is 64.6 Å². The maximum Gasteiger partial charge on any atom is 0.163 e. The van der Waals surface area contributed by atoms with Gasteiger partial charge in [0.15, 0.2) is 11.5 Å². The molecule has 204 valence electrons. The highest BCUT2D eigenvalue weighted by atomic mass is 32.1. The third kappa shape index (κ3) is 8.19. The van der Waals surface area contributed by atoms with Crippen molar-refractivity contribution in [2.75, 3.05) is 19.0 Å². The summed E-state index contributed by atoms with van der Waals surface area (Å²) in [6.07, 6.45) is 1.71. The molecular weight excluding hydrogens is 506 g/mol. The van der Waals surface area contributed by atoms with Crippen LogP contribution in [0.1, 0.15) is 46.1 Å². The number of fused-ring (bicyclic) bond motifs is 1. The number of thiocarbonyl (C=S) groups is 1. The fraction of sp³-hybridized carbons (Fsp3) is 0.250. The highest BCUT2D eigenvalue weighted by molar-refractivity contribution is 7.80. The van der Waals surface area contributed by atoms with Crippen LogP contribution < -0.4 is 24.8 Å². The standard InChI is InChI=1S/C30H31N3O3S.C2H6/c1-19(2)22-6-8-23(9-7-22)33-24-10-12-25(13-11-24)36-28-14-15-31-27-17-30(29(34-5)16-26(27)28)35-18-20(3)32-21(4)37;1-2/h6-17,19,33H,3,18H2,1-2,4-5H3,(H,32,37);1-2H3. The molecule has 0 spiro atoms. The quantitative estimate of drug-likeness (QED) is 0.194. The number of pyridine rings is 1. The van der Waals surface area contributed by atoms with E-state index >= 15 is 0 Å². The van der Waals surface area contributed by atoms with Gasteiger partial charge in [-0.2, -0.15) is 0 Å². The smallest absolute Gasteiger partial charge is 0.163 e. The number of hydrogen-bond acceptors (Lipinski definition) is 6. The van der Waals surface area contributed by atoms with Gasteiger partial charge in [0.25, 0.3) is 0 Å². The van der Waals surface area contributed by atoms with E-state index < -0.39 is 0 Å². The Hall–Kier alpha value is -4.10. The van der Waals surface area contributed by atoms with Crippen LogP contribution in [0.5, 0.6) is 23.0 Å². The molecule has 0 aliphatic rings. The molecule has 1 aromatic heterocycles. The van der Waals surface area contributed by atoms with Crippen molar-refractivity contribution in [2.45, 2.75) is 40.5 Å². The molecule has 0 saturated heterocycles. The Morgan fingerprint density at radius 1 is 0.923 bits per heavy atom. The van der Waals surface area contributed by atoms with Gasteiger partial charge in [-0.05, 0) is 66.9 Å². The predicted molar refractivity (Wildman–Crippen MR) is 166 cm³/mol. The number of ether oxygens (including phenoxy) is 3. The lowest BCUT2D eigenvalue weighted by Gasteiger charge is -2.15. The van der Waals surface area contributed by atoms with Crippen LogP contribution in [0.3, 0.4) is 0 Å². The summed E-state index contributed by atoms with van der Waals surface area (Å²) in [7, 11) is 1.60. The Morgan fingerprint density at radius 2 is 1.56 bits per heavy atom. The first kappa shape index (κ1) is 29.5. The molecule has 0 bridgehead atoms.